The lowest BCUT2D eigenvalue weighted by Crippen LogP contribution is -2.12. The van der Waals surface area contributed by atoms with Crippen molar-refractivity contribution in [2.75, 3.05) is 19.0 Å². The molecule has 0 saturated carbocycles. The van der Waals surface area contributed by atoms with E-state index in [9.17, 15) is 4.79 Å². The number of ether oxygens (including phenoxy) is 2. The Labute approximate surface area is 123 Å². The molecule has 21 heavy (non-hydrogen) atoms. The largest absolute Gasteiger partial charge is 0.497 e. The molecule has 0 saturated heterocycles. The molecular weight excluding hydrogens is 270 g/mol. The third-order valence-electron chi connectivity index (χ3n) is 3.09. The number of aryl methyl sites for hydroxylation is 1. The lowest BCUT2D eigenvalue weighted by Gasteiger charge is -2.10. The van der Waals surface area contributed by atoms with Crippen LogP contribution < -0.4 is 10.1 Å². The van der Waals surface area contributed by atoms with Crippen LogP contribution in [0.25, 0.3) is 0 Å². The zero-order valence-electron chi connectivity index (χ0n) is 12.4. The van der Waals surface area contributed by atoms with Crippen molar-refractivity contribution in [3.05, 3.63) is 41.7 Å². The number of carbonyl (C=O) groups excluding carboxylic acids is 1. The van der Waals surface area contributed by atoms with E-state index in [2.05, 4.69) is 10.4 Å². The standard InChI is InChI=1S/C15H19N3O3/c1-4-21-15(19)13-9-17-18(2)14(13)10-16-11-6-5-7-12(8-11)20-3/h5-9,16H,4,10H2,1-3H3. The fourth-order valence-corrected chi connectivity index (χ4v) is 1.97. The van der Waals surface area contributed by atoms with Gasteiger partial charge in [-0.3, -0.25) is 4.68 Å². The predicted molar refractivity (Wildman–Crippen MR) is 79.5 cm³/mol. The van der Waals surface area contributed by atoms with E-state index < -0.39 is 0 Å². The van der Waals surface area contributed by atoms with Crippen LogP contribution in [0.15, 0.2) is 30.5 Å². The molecule has 2 rings (SSSR count). The van der Waals surface area contributed by atoms with E-state index in [0.29, 0.717) is 18.7 Å². The molecule has 112 valence electrons. The van der Waals surface area contributed by atoms with E-state index in [1.807, 2.05) is 24.3 Å². The number of carbonyl (C=O) groups is 1. The summed E-state index contributed by atoms with van der Waals surface area (Å²) in [6, 6.07) is 7.60. The van der Waals surface area contributed by atoms with Gasteiger partial charge in [-0.1, -0.05) is 6.07 Å². The molecule has 6 nitrogen and oxygen atoms in total. The Bertz CT molecular complexity index is 622. The average Bonchev–Trinajstić information content (AvgIpc) is 2.86. The molecule has 6 heteroatoms. The van der Waals surface area contributed by atoms with Crippen molar-refractivity contribution in [2.24, 2.45) is 7.05 Å². The smallest absolute Gasteiger partial charge is 0.341 e. The third kappa shape index (κ3) is 3.53. The van der Waals surface area contributed by atoms with E-state index >= 15 is 0 Å². The second-order valence-corrected chi connectivity index (χ2v) is 4.43. The van der Waals surface area contributed by atoms with Crippen LogP contribution in [0.3, 0.4) is 0 Å². The van der Waals surface area contributed by atoms with Gasteiger partial charge in [0.05, 0.1) is 32.2 Å². The van der Waals surface area contributed by atoms with E-state index in [0.717, 1.165) is 17.1 Å². The van der Waals surface area contributed by atoms with Crippen molar-refractivity contribution in [3.63, 3.8) is 0 Å². The number of anilines is 1. The lowest BCUT2D eigenvalue weighted by atomic mass is 10.2. The molecule has 0 atom stereocenters. The summed E-state index contributed by atoms with van der Waals surface area (Å²) < 4.78 is 11.9. The fraction of sp³-hybridized carbons (Fsp3) is 0.333. The maximum Gasteiger partial charge on any atom is 0.341 e. The SMILES string of the molecule is CCOC(=O)c1cnn(C)c1CNc1cccc(OC)c1. The first-order valence-electron chi connectivity index (χ1n) is 6.71. The molecule has 0 unspecified atom stereocenters. The summed E-state index contributed by atoms with van der Waals surface area (Å²) in [6.07, 6.45) is 1.53. The van der Waals surface area contributed by atoms with Gasteiger partial charge in [0, 0.05) is 18.8 Å². The highest BCUT2D eigenvalue weighted by atomic mass is 16.5. The minimum Gasteiger partial charge on any atom is -0.497 e. The Kier molecular flexibility index (Phi) is 4.81. The van der Waals surface area contributed by atoms with Gasteiger partial charge in [-0.25, -0.2) is 4.79 Å². The number of methoxy groups -OCH3 is 1. The Hall–Kier alpha value is -2.50. The predicted octanol–water partition coefficient (Wildman–Crippen LogP) is 2.22. The van der Waals surface area contributed by atoms with Gasteiger partial charge in [0.1, 0.15) is 11.3 Å². The molecule has 0 aliphatic heterocycles. The number of hydrogen-bond acceptors (Lipinski definition) is 5. The first-order valence-corrected chi connectivity index (χ1v) is 6.71. The van der Waals surface area contributed by atoms with E-state index in [1.165, 1.54) is 6.20 Å². The number of esters is 1. The van der Waals surface area contributed by atoms with Gasteiger partial charge in [0.25, 0.3) is 0 Å². The van der Waals surface area contributed by atoms with Crippen LogP contribution in [0.2, 0.25) is 0 Å². The quantitative estimate of drug-likeness (QED) is 0.826. The second-order valence-electron chi connectivity index (χ2n) is 4.43. The lowest BCUT2D eigenvalue weighted by molar-refractivity contribution is 0.0525. The summed E-state index contributed by atoms with van der Waals surface area (Å²) in [5.74, 6) is 0.420. The summed E-state index contributed by atoms with van der Waals surface area (Å²) in [7, 11) is 3.42. The summed E-state index contributed by atoms with van der Waals surface area (Å²) in [5.41, 5.74) is 2.16. The first kappa shape index (κ1) is 14.9. The van der Waals surface area contributed by atoms with Crippen molar-refractivity contribution < 1.29 is 14.3 Å². The Morgan fingerprint density at radius 2 is 2.24 bits per heavy atom. The van der Waals surface area contributed by atoms with Gasteiger partial charge >= 0.3 is 5.97 Å². The molecule has 1 N–H and O–H groups in total. The summed E-state index contributed by atoms with van der Waals surface area (Å²) >= 11 is 0. The molecular formula is C15H19N3O3. The number of nitrogens with zero attached hydrogens (tertiary/aromatic N) is 2. The van der Waals surface area contributed by atoms with E-state index in [4.69, 9.17) is 9.47 Å². The van der Waals surface area contributed by atoms with Crippen molar-refractivity contribution in [2.45, 2.75) is 13.5 Å². The average molecular weight is 289 g/mol. The van der Waals surface area contributed by atoms with Crippen molar-refractivity contribution in [1.29, 1.82) is 0 Å². The van der Waals surface area contributed by atoms with Crippen LogP contribution in [0.4, 0.5) is 5.69 Å². The molecule has 0 radical (unpaired) electrons. The van der Waals surface area contributed by atoms with Crippen molar-refractivity contribution in [1.82, 2.24) is 9.78 Å². The minimum atomic E-state index is -0.354. The number of hydrogen-bond donors (Lipinski definition) is 1. The molecule has 0 amide bonds. The van der Waals surface area contributed by atoms with Crippen LogP contribution in [0.1, 0.15) is 23.0 Å². The number of benzene rings is 1. The van der Waals surface area contributed by atoms with Crippen LogP contribution in [0.5, 0.6) is 5.75 Å². The second kappa shape index (κ2) is 6.78. The van der Waals surface area contributed by atoms with Crippen LogP contribution in [0, 0.1) is 0 Å². The van der Waals surface area contributed by atoms with E-state index in [-0.39, 0.29) is 5.97 Å². The van der Waals surface area contributed by atoms with Crippen LogP contribution in [-0.2, 0) is 18.3 Å². The molecule has 1 aromatic carbocycles. The summed E-state index contributed by atoms with van der Waals surface area (Å²) in [6.45, 7) is 2.59. The molecule has 0 fully saturated rings. The molecule has 1 aromatic heterocycles. The Balaban J connectivity index is 2.12. The number of rotatable bonds is 6. The third-order valence-corrected chi connectivity index (χ3v) is 3.09. The van der Waals surface area contributed by atoms with Gasteiger partial charge in [0.2, 0.25) is 0 Å². The topological polar surface area (TPSA) is 65.4 Å². The Morgan fingerprint density at radius 3 is 2.95 bits per heavy atom. The zero-order chi connectivity index (χ0) is 15.2. The minimum absolute atomic E-state index is 0.344. The zero-order valence-corrected chi connectivity index (χ0v) is 12.4. The Morgan fingerprint density at radius 1 is 1.43 bits per heavy atom. The highest BCUT2D eigenvalue weighted by Gasteiger charge is 2.16. The van der Waals surface area contributed by atoms with Gasteiger partial charge in [0.15, 0.2) is 0 Å². The molecule has 0 aliphatic rings. The first-order chi connectivity index (χ1) is 10.2. The van der Waals surface area contributed by atoms with Gasteiger partial charge in [-0.15, -0.1) is 0 Å². The normalized spacial score (nSPS) is 10.2. The molecule has 0 aliphatic carbocycles. The number of aromatic nitrogens is 2. The molecule has 2 aromatic rings. The maximum atomic E-state index is 11.9. The van der Waals surface area contributed by atoms with Gasteiger partial charge in [-0.05, 0) is 19.1 Å². The molecule has 1 heterocycles. The van der Waals surface area contributed by atoms with Gasteiger partial charge < -0.3 is 14.8 Å². The fourth-order valence-electron chi connectivity index (χ4n) is 1.97. The highest BCUT2D eigenvalue weighted by Crippen LogP contribution is 2.18. The summed E-state index contributed by atoms with van der Waals surface area (Å²) in [5, 5.41) is 7.37. The monoisotopic (exact) mass is 289 g/mol. The van der Waals surface area contributed by atoms with Crippen molar-refractivity contribution in [3.8, 4) is 5.75 Å². The molecule has 0 spiro atoms. The highest BCUT2D eigenvalue weighted by molar-refractivity contribution is 5.90. The number of nitrogens with one attached hydrogen (secondary N) is 1. The molecule has 0 bridgehead atoms. The maximum absolute atomic E-state index is 11.9. The van der Waals surface area contributed by atoms with Crippen molar-refractivity contribution >= 4 is 11.7 Å². The van der Waals surface area contributed by atoms with Gasteiger partial charge in [-0.2, -0.15) is 5.10 Å². The van der Waals surface area contributed by atoms with Crippen LogP contribution >= 0.6 is 0 Å². The van der Waals surface area contributed by atoms with E-state index in [1.54, 1.807) is 25.8 Å². The van der Waals surface area contributed by atoms with Crippen LogP contribution in [-0.4, -0.2) is 29.5 Å². The summed E-state index contributed by atoms with van der Waals surface area (Å²) in [4.78, 5) is 11.9.